The highest BCUT2D eigenvalue weighted by molar-refractivity contribution is 5.86. The topological polar surface area (TPSA) is 83.6 Å². The van der Waals surface area contributed by atoms with Gasteiger partial charge in [-0.05, 0) is 43.7 Å². The Morgan fingerprint density at radius 3 is 2.44 bits per heavy atom. The van der Waals surface area contributed by atoms with E-state index in [0.29, 0.717) is 29.2 Å². The van der Waals surface area contributed by atoms with Crippen LogP contribution in [0.2, 0.25) is 0 Å². The third kappa shape index (κ3) is 4.36. The number of aldehydes is 1. The highest BCUT2D eigenvalue weighted by Gasteiger charge is 2.17. The molecule has 168 valence electrons. The van der Waals surface area contributed by atoms with E-state index < -0.39 is 0 Å². The molecule has 2 aromatic carbocycles. The van der Waals surface area contributed by atoms with Crippen molar-refractivity contribution in [3.05, 3.63) is 81.7 Å². The second kappa shape index (κ2) is 9.65. The molecule has 0 saturated carbocycles. The quantitative estimate of drug-likeness (QED) is 0.548. The number of para-hydroxylation sites is 1. The first-order valence-corrected chi connectivity index (χ1v) is 10.4. The van der Waals surface area contributed by atoms with Gasteiger partial charge in [-0.1, -0.05) is 18.2 Å². The summed E-state index contributed by atoms with van der Waals surface area (Å²) in [6, 6.07) is 13.2. The lowest BCUT2D eigenvalue weighted by Gasteiger charge is -2.24. The monoisotopic (exact) mass is 435 g/mol. The summed E-state index contributed by atoms with van der Waals surface area (Å²) in [6.07, 6.45) is 2.76. The van der Waals surface area contributed by atoms with Gasteiger partial charge in [0, 0.05) is 50.7 Å². The smallest absolute Gasteiger partial charge is 0.350 e. The Kier molecular flexibility index (Phi) is 6.95. The summed E-state index contributed by atoms with van der Waals surface area (Å²) < 4.78 is 2.67. The first kappa shape index (κ1) is 23.0. The van der Waals surface area contributed by atoms with Crippen molar-refractivity contribution in [3.8, 4) is 5.69 Å². The third-order valence-electron chi connectivity index (χ3n) is 5.37. The normalized spacial score (nSPS) is 11.5. The summed E-state index contributed by atoms with van der Waals surface area (Å²) in [5, 5.41) is 13.8. The van der Waals surface area contributed by atoms with E-state index in [1.165, 1.54) is 9.25 Å². The van der Waals surface area contributed by atoms with E-state index in [2.05, 4.69) is 5.10 Å². The molecule has 8 heteroatoms. The van der Waals surface area contributed by atoms with Gasteiger partial charge in [-0.15, -0.1) is 5.10 Å². The molecule has 0 aliphatic carbocycles. The van der Waals surface area contributed by atoms with Crippen molar-refractivity contribution in [1.82, 2.24) is 19.2 Å². The molecule has 0 spiro atoms. The fourth-order valence-corrected chi connectivity index (χ4v) is 3.68. The van der Waals surface area contributed by atoms with Crippen LogP contribution in [-0.2, 0) is 13.2 Å². The first-order chi connectivity index (χ1) is 15.3. The summed E-state index contributed by atoms with van der Waals surface area (Å²) in [5.74, 6) is 0.293. The summed E-state index contributed by atoms with van der Waals surface area (Å²) in [5.41, 5.74) is 4.31. The molecule has 0 bridgehead atoms. The fraction of sp³-hybridized carbons (Fsp3) is 0.292. The molecular formula is C24H29N5O3. The average molecular weight is 436 g/mol. The van der Waals surface area contributed by atoms with E-state index in [4.69, 9.17) is 0 Å². The lowest BCUT2D eigenvalue weighted by molar-refractivity contribution is 0.112. The predicted octanol–water partition coefficient (Wildman–Crippen LogP) is 2.66. The molecule has 8 nitrogen and oxygen atoms in total. The number of rotatable bonds is 8. The SMILES string of the molecule is CCn1c(CO)nn(-c2ccc(C=O)c(/C(=C\N(C)c3ccccc3C)N(C)C)c2)c1=O. The van der Waals surface area contributed by atoms with Crippen molar-refractivity contribution >= 4 is 17.7 Å². The maximum absolute atomic E-state index is 12.8. The van der Waals surface area contributed by atoms with E-state index in [1.54, 1.807) is 18.2 Å². The largest absolute Gasteiger partial charge is 0.388 e. The summed E-state index contributed by atoms with van der Waals surface area (Å²) in [7, 11) is 5.76. The summed E-state index contributed by atoms with van der Waals surface area (Å²) >= 11 is 0. The molecule has 0 aliphatic rings. The highest BCUT2D eigenvalue weighted by atomic mass is 16.3. The van der Waals surface area contributed by atoms with Crippen LogP contribution < -0.4 is 10.6 Å². The predicted molar refractivity (Wildman–Crippen MR) is 126 cm³/mol. The second-order valence-corrected chi connectivity index (χ2v) is 7.71. The van der Waals surface area contributed by atoms with Crippen LogP contribution in [0, 0.1) is 6.92 Å². The molecule has 1 N–H and O–H groups in total. The molecule has 1 aromatic heterocycles. The molecule has 3 rings (SSSR count). The molecule has 0 atom stereocenters. The van der Waals surface area contributed by atoms with Crippen molar-refractivity contribution in [3.63, 3.8) is 0 Å². The van der Waals surface area contributed by atoms with Gasteiger partial charge in [-0.25, -0.2) is 4.79 Å². The van der Waals surface area contributed by atoms with Crippen LogP contribution in [0.15, 0.2) is 53.5 Å². The minimum Gasteiger partial charge on any atom is -0.388 e. The van der Waals surface area contributed by atoms with Gasteiger partial charge < -0.3 is 14.9 Å². The maximum Gasteiger partial charge on any atom is 0.350 e. The molecule has 3 aromatic rings. The van der Waals surface area contributed by atoms with Gasteiger partial charge in [0.15, 0.2) is 12.1 Å². The zero-order chi connectivity index (χ0) is 23.4. The van der Waals surface area contributed by atoms with Crippen molar-refractivity contribution in [2.24, 2.45) is 0 Å². The van der Waals surface area contributed by atoms with Gasteiger partial charge in [-0.3, -0.25) is 9.36 Å². The van der Waals surface area contributed by atoms with Crippen LogP contribution >= 0.6 is 0 Å². The van der Waals surface area contributed by atoms with E-state index >= 15 is 0 Å². The third-order valence-corrected chi connectivity index (χ3v) is 5.37. The minimum absolute atomic E-state index is 0.293. The van der Waals surface area contributed by atoms with Crippen LogP contribution in [0.4, 0.5) is 5.69 Å². The van der Waals surface area contributed by atoms with Crippen molar-refractivity contribution in [2.75, 3.05) is 26.0 Å². The zero-order valence-electron chi connectivity index (χ0n) is 19.1. The van der Waals surface area contributed by atoms with Crippen LogP contribution in [0.3, 0.4) is 0 Å². The highest BCUT2D eigenvalue weighted by Crippen LogP contribution is 2.26. The lowest BCUT2D eigenvalue weighted by atomic mass is 10.0. The van der Waals surface area contributed by atoms with Crippen LogP contribution in [0.25, 0.3) is 11.4 Å². The number of aliphatic hydroxyl groups excluding tert-OH is 1. The number of aliphatic hydroxyl groups is 1. The molecule has 0 unspecified atom stereocenters. The summed E-state index contributed by atoms with van der Waals surface area (Å²) in [6.45, 7) is 3.93. The van der Waals surface area contributed by atoms with Gasteiger partial charge in [-0.2, -0.15) is 4.68 Å². The molecule has 0 fully saturated rings. The van der Waals surface area contributed by atoms with Crippen LogP contribution in [-0.4, -0.2) is 51.8 Å². The molecule has 0 radical (unpaired) electrons. The number of benzene rings is 2. The van der Waals surface area contributed by atoms with Crippen molar-refractivity contribution in [1.29, 1.82) is 0 Å². The van der Waals surface area contributed by atoms with E-state index in [1.807, 2.05) is 75.3 Å². The van der Waals surface area contributed by atoms with E-state index in [9.17, 15) is 14.7 Å². The Hall–Kier alpha value is -3.65. The Bertz CT molecular complexity index is 1210. The number of anilines is 1. The van der Waals surface area contributed by atoms with Crippen molar-refractivity contribution < 1.29 is 9.90 Å². The molecule has 0 aliphatic heterocycles. The first-order valence-electron chi connectivity index (χ1n) is 10.4. The Morgan fingerprint density at radius 1 is 1.16 bits per heavy atom. The number of carbonyl (C=O) groups is 1. The van der Waals surface area contributed by atoms with Gasteiger partial charge in [0.25, 0.3) is 0 Å². The minimum atomic E-state index is -0.339. The van der Waals surface area contributed by atoms with Crippen LogP contribution in [0.5, 0.6) is 0 Å². The maximum atomic E-state index is 12.8. The Morgan fingerprint density at radius 2 is 1.88 bits per heavy atom. The number of hydrogen-bond donors (Lipinski definition) is 1. The Labute approximate surface area is 187 Å². The van der Waals surface area contributed by atoms with Crippen molar-refractivity contribution in [2.45, 2.75) is 27.0 Å². The molecule has 0 saturated heterocycles. The van der Waals surface area contributed by atoms with Gasteiger partial charge in [0.1, 0.15) is 6.61 Å². The number of hydrogen-bond acceptors (Lipinski definition) is 6. The molecule has 32 heavy (non-hydrogen) atoms. The van der Waals surface area contributed by atoms with E-state index in [-0.39, 0.29) is 12.3 Å². The standard InChI is InChI=1S/C24H29N5O3/c1-6-28-23(16-31)25-29(24(28)32)19-12-11-18(15-30)20(13-19)22(26(3)4)14-27(5)21-10-8-7-9-17(21)2/h7-15,31H,6,16H2,1-5H3/b22-14+. The van der Waals surface area contributed by atoms with Gasteiger partial charge in [0.05, 0.1) is 11.4 Å². The number of nitrogens with zero attached hydrogens (tertiary/aromatic N) is 5. The number of aromatic nitrogens is 3. The molecule has 0 amide bonds. The average Bonchev–Trinajstić information content (AvgIpc) is 3.12. The van der Waals surface area contributed by atoms with E-state index in [0.717, 1.165) is 23.2 Å². The number of aryl methyl sites for hydroxylation is 1. The summed E-state index contributed by atoms with van der Waals surface area (Å²) in [4.78, 5) is 28.6. The molecule has 1 heterocycles. The second-order valence-electron chi connectivity index (χ2n) is 7.71. The van der Waals surface area contributed by atoms with Crippen LogP contribution in [0.1, 0.15) is 34.2 Å². The van der Waals surface area contributed by atoms with Gasteiger partial charge in [0.2, 0.25) is 0 Å². The number of carbonyl (C=O) groups excluding carboxylic acids is 1. The Balaban J connectivity index is 2.17. The lowest BCUT2D eigenvalue weighted by Crippen LogP contribution is -2.24. The van der Waals surface area contributed by atoms with Gasteiger partial charge >= 0.3 is 5.69 Å². The fourth-order valence-electron chi connectivity index (χ4n) is 3.68. The zero-order valence-corrected chi connectivity index (χ0v) is 19.1. The molecular weight excluding hydrogens is 406 g/mol.